The van der Waals surface area contributed by atoms with Crippen molar-refractivity contribution < 1.29 is 4.79 Å². The lowest BCUT2D eigenvalue weighted by atomic mass is 9.96. The van der Waals surface area contributed by atoms with Gasteiger partial charge < -0.3 is 21.4 Å². The molecule has 5 N–H and O–H groups in total. The third kappa shape index (κ3) is 5.16. The Labute approximate surface area is 234 Å². The van der Waals surface area contributed by atoms with Crippen LogP contribution in [0.4, 0.5) is 17.5 Å². The van der Waals surface area contributed by atoms with E-state index in [1.807, 2.05) is 13.0 Å². The van der Waals surface area contributed by atoms with E-state index in [0.29, 0.717) is 17.6 Å². The van der Waals surface area contributed by atoms with Gasteiger partial charge in [0.1, 0.15) is 5.82 Å². The van der Waals surface area contributed by atoms with Crippen LogP contribution in [0, 0.1) is 27.7 Å². The fraction of sp³-hybridized carbons (Fsp3) is 0.355. The maximum Gasteiger partial charge on any atom is 0.221 e. The highest BCUT2D eigenvalue weighted by Gasteiger charge is 2.23. The first-order valence-electron chi connectivity index (χ1n) is 13.6. The number of hydrogen-bond donors (Lipinski definition) is 3. The van der Waals surface area contributed by atoms with Crippen LogP contribution in [0.5, 0.6) is 0 Å². The number of nitrogens with two attached hydrogens (primary N) is 2. The van der Waals surface area contributed by atoms with E-state index >= 15 is 0 Å². The number of H-pyrrole nitrogens is 1. The van der Waals surface area contributed by atoms with Crippen LogP contribution in [0.2, 0.25) is 0 Å². The Morgan fingerprint density at radius 1 is 0.975 bits per heavy atom. The van der Waals surface area contributed by atoms with Crippen molar-refractivity contribution in [1.82, 2.24) is 19.9 Å². The summed E-state index contributed by atoms with van der Waals surface area (Å²) in [5, 5.41) is 0.572. The van der Waals surface area contributed by atoms with Crippen molar-refractivity contribution in [3.63, 3.8) is 0 Å². The van der Waals surface area contributed by atoms with Crippen molar-refractivity contribution in [1.29, 1.82) is 0 Å². The second-order valence-corrected chi connectivity index (χ2v) is 11.0. The predicted molar refractivity (Wildman–Crippen MR) is 161 cm³/mol. The molecule has 1 aliphatic rings. The Hall–Kier alpha value is -4.24. The Bertz CT molecular complexity index is 1680. The summed E-state index contributed by atoms with van der Waals surface area (Å²) < 4.78 is 0. The van der Waals surface area contributed by atoms with Crippen molar-refractivity contribution in [2.24, 2.45) is 0 Å². The Balaban J connectivity index is 1.33. The SMILES string of the molecule is CC(=O)c1c[nH]c2c(C)c(N3CCN(Cc4cc(Cc5cnc(N)nc5N)cc(C)c4C)CC3)c(C)cc2c1=O. The lowest BCUT2D eigenvalue weighted by Crippen LogP contribution is -2.46. The number of benzene rings is 2. The van der Waals surface area contributed by atoms with Crippen LogP contribution in [0.15, 0.2) is 35.4 Å². The molecule has 0 bridgehead atoms. The number of Topliss-reactive ketones (excluding diaryl/α,β-unsaturated/α-hetero) is 1. The number of fused-ring (bicyclic) bond motifs is 1. The number of carbonyl (C=O) groups is 1. The van der Waals surface area contributed by atoms with Crippen molar-refractivity contribution in [2.45, 2.75) is 47.6 Å². The third-order valence-corrected chi connectivity index (χ3v) is 8.19. The van der Waals surface area contributed by atoms with Crippen LogP contribution in [-0.4, -0.2) is 51.8 Å². The van der Waals surface area contributed by atoms with Gasteiger partial charge in [-0.05, 0) is 74.1 Å². The van der Waals surface area contributed by atoms with Gasteiger partial charge in [0, 0.05) is 68.2 Å². The number of aryl methyl sites for hydroxylation is 3. The van der Waals surface area contributed by atoms with Crippen LogP contribution >= 0.6 is 0 Å². The molecule has 1 fully saturated rings. The van der Waals surface area contributed by atoms with Crippen LogP contribution in [-0.2, 0) is 13.0 Å². The normalized spacial score (nSPS) is 14.2. The lowest BCUT2D eigenvalue weighted by Gasteiger charge is -2.38. The minimum absolute atomic E-state index is 0.186. The zero-order valence-electron chi connectivity index (χ0n) is 23.9. The highest BCUT2D eigenvalue weighted by molar-refractivity contribution is 5.98. The summed E-state index contributed by atoms with van der Waals surface area (Å²) >= 11 is 0. The first-order valence-corrected chi connectivity index (χ1v) is 13.6. The number of pyridine rings is 1. The predicted octanol–water partition coefficient (Wildman–Crippen LogP) is 3.83. The molecule has 0 saturated carbocycles. The van der Waals surface area contributed by atoms with Crippen LogP contribution in [0.3, 0.4) is 0 Å². The highest BCUT2D eigenvalue weighted by atomic mass is 16.1. The Morgan fingerprint density at radius 3 is 2.38 bits per heavy atom. The minimum atomic E-state index is -0.224. The smallest absolute Gasteiger partial charge is 0.221 e. The number of aromatic amines is 1. The van der Waals surface area contributed by atoms with Gasteiger partial charge in [0.2, 0.25) is 5.95 Å². The van der Waals surface area contributed by atoms with E-state index in [1.165, 1.54) is 29.2 Å². The number of nitrogen functional groups attached to an aromatic ring is 2. The van der Waals surface area contributed by atoms with E-state index in [2.05, 4.69) is 57.7 Å². The van der Waals surface area contributed by atoms with Gasteiger partial charge in [0.05, 0.1) is 11.1 Å². The first-order chi connectivity index (χ1) is 19.0. The largest absolute Gasteiger partial charge is 0.383 e. The quantitative estimate of drug-likeness (QED) is 0.315. The zero-order valence-corrected chi connectivity index (χ0v) is 23.9. The second-order valence-electron chi connectivity index (χ2n) is 11.0. The molecule has 0 radical (unpaired) electrons. The number of rotatable bonds is 6. The minimum Gasteiger partial charge on any atom is -0.383 e. The van der Waals surface area contributed by atoms with E-state index in [4.69, 9.17) is 11.5 Å². The number of carbonyl (C=O) groups excluding carboxylic acids is 1. The van der Waals surface area contributed by atoms with Gasteiger partial charge in [-0.15, -0.1) is 0 Å². The molecule has 40 heavy (non-hydrogen) atoms. The fourth-order valence-electron chi connectivity index (χ4n) is 5.88. The summed E-state index contributed by atoms with van der Waals surface area (Å²) in [4.78, 5) is 41.1. The van der Waals surface area contributed by atoms with Gasteiger partial charge in [-0.1, -0.05) is 12.1 Å². The number of anilines is 3. The average molecular weight is 540 g/mol. The Kier molecular flexibility index (Phi) is 7.33. The number of ketones is 1. The average Bonchev–Trinajstić information content (AvgIpc) is 2.90. The summed E-state index contributed by atoms with van der Waals surface area (Å²) in [6.45, 7) is 14.4. The zero-order chi connectivity index (χ0) is 28.7. The molecule has 0 unspecified atom stereocenters. The van der Waals surface area contributed by atoms with E-state index in [1.54, 1.807) is 12.4 Å². The maximum absolute atomic E-state index is 12.9. The highest BCUT2D eigenvalue weighted by Crippen LogP contribution is 2.31. The van der Waals surface area contributed by atoms with Gasteiger partial charge in [-0.2, -0.15) is 4.98 Å². The molecule has 9 nitrogen and oxygen atoms in total. The fourth-order valence-corrected chi connectivity index (χ4v) is 5.88. The van der Waals surface area contributed by atoms with Crippen molar-refractivity contribution in [3.05, 3.63) is 85.3 Å². The van der Waals surface area contributed by atoms with Gasteiger partial charge in [-0.3, -0.25) is 14.5 Å². The number of aromatic nitrogens is 3. The van der Waals surface area contributed by atoms with E-state index in [0.717, 1.165) is 60.6 Å². The molecular formula is C31H37N7O2. The molecule has 2 aromatic carbocycles. The molecule has 0 amide bonds. The molecular weight excluding hydrogens is 502 g/mol. The number of piperazine rings is 1. The molecule has 9 heteroatoms. The molecule has 208 valence electrons. The molecule has 0 aliphatic carbocycles. The topological polar surface area (TPSA) is 134 Å². The Morgan fingerprint density at radius 2 is 1.70 bits per heavy atom. The lowest BCUT2D eigenvalue weighted by molar-refractivity contribution is 0.101. The third-order valence-electron chi connectivity index (χ3n) is 8.19. The van der Waals surface area contributed by atoms with Gasteiger partial charge in [0.25, 0.3) is 0 Å². The molecule has 2 aromatic heterocycles. The van der Waals surface area contributed by atoms with Crippen molar-refractivity contribution in [3.8, 4) is 0 Å². The summed E-state index contributed by atoms with van der Waals surface area (Å²) in [5.74, 6) is 0.384. The first kappa shape index (κ1) is 27.3. The molecule has 5 rings (SSSR count). The summed E-state index contributed by atoms with van der Waals surface area (Å²) in [7, 11) is 0. The van der Waals surface area contributed by atoms with Crippen molar-refractivity contribution >= 4 is 34.1 Å². The summed E-state index contributed by atoms with van der Waals surface area (Å²) in [6.07, 6.45) is 3.91. The van der Waals surface area contributed by atoms with E-state index < -0.39 is 0 Å². The van der Waals surface area contributed by atoms with E-state index in [-0.39, 0.29) is 22.7 Å². The summed E-state index contributed by atoms with van der Waals surface area (Å²) in [5.41, 5.74) is 21.7. The molecule has 0 atom stereocenters. The maximum atomic E-state index is 12.9. The molecule has 1 saturated heterocycles. The number of hydrogen-bond acceptors (Lipinski definition) is 8. The van der Waals surface area contributed by atoms with Crippen molar-refractivity contribution in [2.75, 3.05) is 42.5 Å². The molecule has 4 aromatic rings. The monoisotopic (exact) mass is 539 g/mol. The van der Waals surface area contributed by atoms with Gasteiger partial charge >= 0.3 is 0 Å². The number of nitrogens with one attached hydrogen (secondary N) is 1. The van der Waals surface area contributed by atoms with Crippen LogP contribution in [0.25, 0.3) is 10.9 Å². The second kappa shape index (κ2) is 10.7. The molecule has 1 aliphatic heterocycles. The summed E-state index contributed by atoms with van der Waals surface area (Å²) in [6, 6.07) is 6.40. The number of nitrogens with zero attached hydrogens (tertiary/aromatic N) is 4. The standard InChI is InChI=1S/C31H37N7O2/c1-17-10-22(12-23-14-35-31(33)36-30(23)32)13-24(19(17)3)16-37-6-8-38(9-7-37)28-18(2)11-25-27(20(28)4)34-15-26(21(5)39)29(25)40/h10-11,13-15H,6-9,12,16H2,1-5H3,(H,34,40)(H4,32,33,35,36). The van der Waals surface area contributed by atoms with Crippen LogP contribution < -0.4 is 21.8 Å². The molecule has 0 spiro atoms. The molecule has 3 heterocycles. The van der Waals surface area contributed by atoms with Gasteiger partial charge in [-0.25, -0.2) is 4.98 Å². The van der Waals surface area contributed by atoms with E-state index in [9.17, 15) is 9.59 Å². The van der Waals surface area contributed by atoms with Crippen LogP contribution in [0.1, 0.15) is 56.2 Å². The van der Waals surface area contributed by atoms with Gasteiger partial charge in [0.15, 0.2) is 11.2 Å².